The molecule has 5 nitrogen and oxygen atoms in total. The molecule has 0 N–H and O–H groups in total. The van der Waals surface area contributed by atoms with Gasteiger partial charge in [0.05, 0.1) is 12.2 Å². The maximum atomic E-state index is 11.6. The van der Waals surface area contributed by atoms with Gasteiger partial charge in [0.15, 0.2) is 5.76 Å². The average molecular weight is 222 g/mol. The number of fused-ring (bicyclic) bond motifs is 1. The standard InChI is InChI=1S/C11H14N2O3/c1-3-6-15-11(14)13-5-4-9-8(2)12-16-10(9)7-13/h3H,1,4-7H2,2H3. The van der Waals surface area contributed by atoms with E-state index in [4.69, 9.17) is 9.26 Å². The van der Waals surface area contributed by atoms with E-state index in [2.05, 4.69) is 11.7 Å². The van der Waals surface area contributed by atoms with Gasteiger partial charge < -0.3 is 14.2 Å². The zero-order chi connectivity index (χ0) is 11.5. The summed E-state index contributed by atoms with van der Waals surface area (Å²) >= 11 is 0. The summed E-state index contributed by atoms with van der Waals surface area (Å²) in [5, 5.41) is 3.88. The molecule has 2 rings (SSSR count). The number of hydrogen-bond acceptors (Lipinski definition) is 4. The molecule has 0 aliphatic carbocycles. The highest BCUT2D eigenvalue weighted by Gasteiger charge is 2.26. The van der Waals surface area contributed by atoms with Gasteiger partial charge in [0.25, 0.3) is 0 Å². The van der Waals surface area contributed by atoms with Crippen LogP contribution >= 0.6 is 0 Å². The third-order valence-electron chi connectivity index (χ3n) is 2.62. The van der Waals surface area contributed by atoms with E-state index in [0.717, 1.165) is 23.4 Å². The summed E-state index contributed by atoms with van der Waals surface area (Å²) in [4.78, 5) is 13.2. The molecule has 2 heterocycles. The van der Waals surface area contributed by atoms with Gasteiger partial charge in [-0.25, -0.2) is 4.79 Å². The number of carbonyl (C=O) groups is 1. The molecule has 1 aliphatic heterocycles. The minimum Gasteiger partial charge on any atom is -0.445 e. The molecule has 0 saturated carbocycles. The molecule has 86 valence electrons. The molecule has 0 spiro atoms. The molecule has 1 aromatic heterocycles. The predicted molar refractivity (Wildman–Crippen MR) is 56.9 cm³/mol. The smallest absolute Gasteiger partial charge is 0.410 e. The van der Waals surface area contributed by atoms with E-state index < -0.39 is 0 Å². The molecule has 0 radical (unpaired) electrons. The molecule has 0 fully saturated rings. The van der Waals surface area contributed by atoms with Crippen molar-refractivity contribution in [3.63, 3.8) is 0 Å². The Bertz CT molecular complexity index is 411. The summed E-state index contributed by atoms with van der Waals surface area (Å²) in [5.74, 6) is 0.763. The van der Waals surface area contributed by atoms with Crippen molar-refractivity contribution in [3.05, 3.63) is 29.7 Å². The third-order valence-corrected chi connectivity index (χ3v) is 2.62. The summed E-state index contributed by atoms with van der Waals surface area (Å²) in [6.45, 7) is 6.72. The lowest BCUT2D eigenvalue weighted by Gasteiger charge is -2.24. The molecular weight excluding hydrogens is 208 g/mol. The van der Waals surface area contributed by atoms with E-state index in [-0.39, 0.29) is 12.7 Å². The molecule has 0 atom stereocenters. The molecule has 0 bridgehead atoms. The average Bonchev–Trinajstić information content (AvgIpc) is 2.67. The first kappa shape index (κ1) is 10.7. The zero-order valence-electron chi connectivity index (χ0n) is 9.23. The van der Waals surface area contributed by atoms with E-state index in [1.165, 1.54) is 0 Å². The normalized spacial score (nSPS) is 14.4. The van der Waals surface area contributed by atoms with Crippen molar-refractivity contribution in [2.45, 2.75) is 19.9 Å². The van der Waals surface area contributed by atoms with Crippen LogP contribution in [0.2, 0.25) is 0 Å². The Kier molecular flexibility index (Phi) is 2.94. The van der Waals surface area contributed by atoms with Gasteiger partial charge in [-0.15, -0.1) is 0 Å². The number of rotatable bonds is 2. The first-order valence-electron chi connectivity index (χ1n) is 5.19. The molecule has 1 aromatic rings. The Morgan fingerprint density at radius 3 is 3.31 bits per heavy atom. The monoisotopic (exact) mass is 222 g/mol. The second-order valence-corrected chi connectivity index (χ2v) is 3.71. The molecule has 0 unspecified atom stereocenters. The first-order chi connectivity index (χ1) is 7.72. The number of ether oxygens (including phenoxy) is 1. The molecule has 1 amide bonds. The topological polar surface area (TPSA) is 55.6 Å². The Morgan fingerprint density at radius 2 is 2.56 bits per heavy atom. The van der Waals surface area contributed by atoms with Crippen LogP contribution in [0, 0.1) is 6.92 Å². The maximum absolute atomic E-state index is 11.6. The lowest BCUT2D eigenvalue weighted by molar-refractivity contribution is 0.103. The van der Waals surface area contributed by atoms with Crippen molar-refractivity contribution in [2.24, 2.45) is 0 Å². The van der Waals surface area contributed by atoms with E-state index in [1.807, 2.05) is 6.92 Å². The Balaban J connectivity index is 2.02. The quantitative estimate of drug-likeness (QED) is 0.714. The van der Waals surface area contributed by atoms with E-state index >= 15 is 0 Å². The second-order valence-electron chi connectivity index (χ2n) is 3.71. The second kappa shape index (κ2) is 4.38. The minimum absolute atomic E-state index is 0.234. The molecule has 0 aromatic carbocycles. The van der Waals surface area contributed by atoms with Crippen molar-refractivity contribution in [1.29, 1.82) is 0 Å². The van der Waals surface area contributed by atoms with Crippen LogP contribution in [-0.2, 0) is 17.7 Å². The van der Waals surface area contributed by atoms with Crippen molar-refractivity contribution in [1.82, 2.24) is 10.1 Å². The fraction of sp³-hybridized carbons (Fsp3) is 0.455. The fourth-order valence-corrected chi connectivity index (χ4v) is 1.76. The SMILES string of the molecule is C=CCOC(=O)N1CCc2c(C)noc2C1. The van der Waals surface area contributed by atoms with Crippen LogP contribution in [0.1, 0.15) is 17.0 Å². The Labute approximate surface area is 93.7 Å². The van der Waals surface area contributed by atoms with E-state index in [1.54, 1.807) is 11.0 Å². The zero-order valence-corrected chi connectivity index (χ0v) is 9.23. The van der Waals surface area contributed by atoms with Crippen molar-refractivity contribution in [2.75, 3.05) is 13.2 Å². The highest BCUT2D eigenvalue weighted by Crippen LogP contribution is 2.21. The fourth-order valence-electron chi connectivity index (χ4n) is 1.76. The van der Waals surface area contributed by atoms with Gasteiger partial charge in [0, 0.05) is 12.1 Å². The van der Waals surface area contributed by atoms with Gasteiger partial charge in [-0.2, -0.15) is 0 Å². The summed E-state index contributed by atoms with van der Waals surface area (Å²) in [5.41, 5.74) is 2.03. The van der Waals surface area contributed by atoms with Crippen LogP contribution in [0.15, 0.2) is 17.2 Å². The van der Waals surface area contributed by atoms with Gasteiger partial charge in [-0.05, 0) is 13.3 Å². The highest BCUT2D eigenvalue weighted by atomic mass is 16.6. The summed E-state index contributed by atoms with van der Waals surface area (Å²) in [6, 6.07) is 0. The summed E-state index contributed by atoms with van der Waals surface area (Å²) < 4.78 is 10.1. The first-order valence-corrected chi connectivity index (χ1v) is 5.19. The molecule has 5 heteroatoms. The van der Waals surface area contributed by atoms with Crippen LogP contribution in [0.25, 0.3) is 0 Å². The van der Waals surface area contributed by atoms with Crippen LogP contribution in [0.3, 0.4) is 0 Å². The van der Waals surface area contributed by atoms with Crippen molar-refractivity contribution < 1.29 is 14.1 Å². The maximum Gasteiger partial charge on any atom is 0.410 e. The number of aromatic nitrogens is 1. The number of amides is 1. The summed E-state index contributed by atoms with van der Waals surface area (Å²) in [7, 11) is 0. The highest BCUT2D eigenvalue weighted by molar-refractivity contribution is 5.68. The van der Waals surface area contributed by atoms with Crippen molar-refractivity contribution in [3.8, 4) is 0 Å². The minimum atomic E-state index is -0.334. The van der Waals surface area contributed by atoms with Crippen LogP contribution in [-0.4, -0.2) is 29.3 Å². The largest absolute Gasteiger partial charge is 0.445 e. The number of hydrogen-bond donors (Lipinski definition) is 0. The molecular formula is C11H14N2O3. The Morgan fingerprint density at radius 1 is 1.75 bits per heavy atom. The van der Waals surface area contributed by atoms with Gasteiger partial charge in [0.1, 0.15) is 6.61 Å². The van der Waals surface area contributed by atoms with Crippen LogP contribution in [0.4, 0.5) is 4.79 Å². The lowest BCUT2D eigenvalue weighted by Crippen LogP contribution is -2.36. The molecule has 16 heavy (non-hydrogen) atoms. The van der Waals surface area contributed by atoms with Crippen molar-refractivity contribution >= 4 is 6.09 Å². The summed E-state index contributed by atoms with van der Waals surface area (Å²) in [6.07, 6.45) is 1.99. The van der Waals surface area contributed by atoms with E-state index in [9.17, 15) is 4.79 Å². The number of aryl methyl sites for hydroxylation is 1. The van der Waals surface area contributed by atoms with Gasteiger partial charge in [0.2, 0.25) is 0 Å². The van der Waals surface area contributed by atoms with Crippen LogP contribution < -0.4 is 0 Å². The molecule has 1 aliphatic rings. The third kappa shape index (κ3) is 1.93. The number of carbonyl (C=O) groups excluding carboxylic acids is 1. The Hall–Kier alpha value is -1.78. The lowest BCUT2D eigenvalue weighted by atomic mass is 10.1. The number of nitrogens with zero attached hydrogens (tertiary/aromatic N) is 2. The van der Waals surface area contributed by atoms with E-state index in [0.29, 0.717) is 13.1 Å². The van der Waals surface area contributed by atoms with Gasteiger partial charge in [-0.1, -0.05) is 17.8 Å². The predicted octanol–water partition coefficient (Wildman–Crippen LogP) is 1.66. The molecule has 0 saturated heterocycles. The van der Waals surface area contributed by atoms with Gasteiger partial charge in [-0.3, -0.25) is 0 Å². The van der Waals surface area contributed by atoms with Gasteiger partial charge >= 0.3 is 6.09 Å². The van der Waals surface area contributed by atoms with Crippen LogP contribution in [0.5, 0.6) is 0 Å².